The molecule has 0 saturated carbocycles. The number of hydrogen-bond acceptors (Lipinski definition) is 4. The Morgan fingerprint density at radius 3 is 2.53 bits per heavy atom. The van der Waals surface area contributed by atoms with E-state index in [-0.39, 0.29) is 0 Å². The molecule has 17 heavy (non-hydrogen) atoms. The Labute approximate surface area is 99.1 Å². The predicted octanol–water partition coefficient (Wildman–Crippen LogP) is -0.197. The number of nitrogens with two attached hydrogens (primary N) is 1. The van der Waals surface area contributed by atoms with Gasteiger partial charge in [-0.1, -0.05) is 12.1 Å². The number of carbonyl (C=O) groups excluding carboxylic acids is 2. The normalized spacial score (nSPS) is 11.5. The van der Waals surface area contributed by atoms with Crippen LogP contribution >= 0.6 is 0 Å². The lowest BCUT2D eigenvalue weighted by Crippen LogP contribution is -2.48. The highest BCUT2D eigenvalue weighted by Crippen LogP contribution is 2.16. The van der Waals surface area contributed by atoms with Gasteiger partial charge >= 0.3 is 0 Å². The molecule has 6 nitrogen and oxygen atoms in total. The van der Waals surface area contributed by atoms with Gasteiger partial charge in [0.1, 0.15) is 5.75 Å². The smallest absolute Gasteiger partial charge is 0.273 e. The van der Waals surface area contributed by atoms with E-state index < -0.39 is 17.9 Å². The quantitative estimate of drug-likeness (QED) is 0.635. The number of amides is 2. The summed E-state index contributed by atoms with van der Waals surface area (Å²) in [6, 6.07) is 6.00. The fourth-order valence-corrected chi connectivity index (χ4v) is 1.13. The molecule has 1 aromatic carbocycles. The molecule has 0 heterocycles. The van der Waals surface area contributed by atoms with Gasteiger partial charge in [0, 0.05) is 0 Å². The Balaban J connectivity index is 2.67. The molecule has 6 heteroatoms. The van der Waals surface area contributed by atoms with E-state index in [2.05, 4.69) is 10.9 Å². The van der Waals surface area contributed by atoms with Crippen LogP contribution < -0.4 is 21.3 Å². The molecule has 92 valence electrons. The third-order valence-corrected chi connectivity index (χ3v) is 2.06. The second-order valence-corrected chi connectivity index (χ2v) is 3.43. The average Bonchev–Trinajstić information content (AvgIpc) is 2.35. The molecule has 0 radical (unpaired) electrons. The number of ether oxygens (including phenoxy) is 1. The van der Waals surface area contributed by atoms with Crippen molar-refractivity contribution in [2.75, 3.05) is 7.11 Å². The second-order valence-electron chi connectivity index (χ2n) is 3.43. The van der Waals surface area contributed by atoms with E-state index in [1.54, 1.807) is 24.3 Å². The standard InChI is InChI=1S/C11H15N3O3/c1-7(12)10(15)13-14-11(16)8-5-3-4-6-9(8)17-2/h3-7H,12H2,1-2H3,(H,13,15)(H,14,16). The van der Waals surface area contributed by atoms with Crippen LogP contribution in [0.5, 0.6) is 5.75 Å². The Kier molecular flexibility index (Phi) is 4.47. The summed E-state index contributed by atoms with van der Waals surface area (Å²) >= 11 is 0. The Morgan fingerprint density at radius 1 is 1.29 bits per heavy atom. The number of hydrogen-bond donors (Lipinski definition) is 3. The fourth-order valence-electron chi connectivity index (χ4n) is 1.13. The molecular weight excluding hydrogens is 222 g/mol. The van der Waals surface area contributed by atoms with Crippen LogP contribution in [0.3, 0.4) is 0 Å². The zero-order valence-electron chi connectivity index (χ0n) is 9.69. The maximum absolute atomic E-state index is 11.7. The Bertz CT molecular complexity index is 418. The summed E-state index contributed by atoms with van der Waals surface area (Å²) in [5.41, 5.74) is 10.1. The van der Waals surface area contributed by atoms with E-state index in [1.807, 2.05) is 0 Å². The van der Waals surface area contributed by atoms with Crippen molar-refractivity contribution >= 4 is 11.8 Å². The van der Waals surface area contributed by atoms with Crippen LogP contribution in [0.2, 0.25) is 0 Å². The van der Waals surface area contributed by atoms with Crippen molar-refractivity contribution in [3.63, 3.8) is 0 Å². The summed E-state index contributed by atoms with van der Waals surface area (Å²) in [5.74, 6) is -0.496. The molecule has 0 aliphatic carbocycles. The van der Waals surface area contributed by atoms with Gasteiger partial charge in [-0.3, -0.25) is 20.4 Å². The first-order valence-electron chi connectivity index (χ1n) is 5.05. The Morgan fingerprint density at radius 2 is 1.94 bits per heavy atom. The van der Waals surface area contributed by atoms with Gasteiger partial charge in [0.05, 0.1) is 18.7 Å². The maximum Gasteiger partial charge on any atom is 0.273 e. The molecular formula is C11H15N3O3. The first-order valence-corrected chi connectivity index (χ1v) is 5.05. The second kappa shape index (κ2) is 5.86. The third-order valence-electron chi connectivity index (χ3n) is 2.06. The van der Waals surface area contributed by atoms with Gasteiger partial charge in [-0.05, 0) is 19.1 Å². The molecule has 1 rings (SSSR count). The van der Waals surface area contributed by atoms with Crippen LogP contribution in [0.1, 0.15) is 17.3 Å². The van der Waals surface area contributed by atoms with Crippen molar-refractivity contribution in [1.82, 2.24) is 10.9 Å². The molecule has 1 atom stereocenters. The number of carbonyl (C=O) groups is 2. The zero-order chi connectivity index (χ0) is 12.8. The van der Waals surface area contributed by atoms with E-state index in [1.165, 1.54) is 14.0 Å². The van der Waals surface area contributed by atoms with Crippen molar-refractivity contribution in [1.29, 1.82) is 0 Å². The topological polar surface area (TPSA) is 93.5 Å². The minimum Gasteiger partial charge on any atom is -0.496 e. The predicted molar refractivity (Wildman–Crippen MR) is 62.3 cm³/mol. The van der Waals surface area contributed by atoms with Crippen molar-refractivity contribution in [3.05, 3.63) is 29.8 Å². The number of methoxy groups -OCH3 is 1. The highest BCUT2D eigenvalue weighted by atomic mass is 16.5. The molecule has 0 spiro atoms. The number of para-hydroxylation sites is 1. The summed E-state index contributed by atoms with van der Waals surface area (Å²) in [6.45, 7) is 1.52. The summed E-state index contributed by atoms with van der Waals surface area (Å²) in [6.07, 6.45) is 0. The lowest BCUT2D eigenvalue weighted by atomic mass is 10.2. The summed E-state index contributed by atoms with van der Waals surface area (Å²) in [4.78, 5) is 22.9. The first-order chi connectivity index (χ1) is 8.06. The van der Waals surface area contributed by atoms with Gasteiger partial charge in [-0.25, -0.2) is 0 Å². The van der Waals surface area contributed by atoms with Crippen LogP contribution in [0.25, 0.3) is 0 Å². The molecule has 4 N–H and O–H groups in total. The molecule has 0 saturated heterocycles. The minimum absolute atomic E-state index is 0.333. The van der Waals surface area contributed by atoms with E-state index in [9.17, 15) is 9.59 Å². The average molecular weight is 237 g/mol. The van der Waals surface area contributed by atoms with Gasteiger partial charge in [-0.15, -0.1) is 0 Å². The molecule has 2 amide bonds. The summed E-state index contributed by atoms with van der Waals surface area (Å²) in [7, 11) is 1.46. The Hall–Kier alpha value is -2.08. The van der Waals surface area contributed by atoms with E-state index in [0.29, 0.717) is 11.3 Å². The van der Waals surface area contributed by atoms with Gasteiger partial charge in [0.2, 0.25) is 0 Å². The molecule has 1 aromatic rings. The molecule has 0 aliphatic heterocycles. The lowest BCUT2D eigenvalue weighted by molar-refractivity contribution is -0.122. The number of hydrazine groups is 1. The highest BCUT2D eigenvalue weighted by molar-refractivity contribution is 5.98. The first kappa shape index (κ1) is 13.0. The molecule has 1 unspecified atom stereocenters. The van der Waals surface area contributed by atoms with Gasteiger partial charge < -0.3 is 10.5 Å². The zero-order valence-corrected chi connectivity index (χ0v) is 9.69. The van der Waals surface area contributed by atoms with Crippen molar-refractivity contribution < 1.29 is 14.3 Å². The summed E-state index contributed by atoms with van der Waals surface area (Å²) in [5, 5.41) is 0. The van der Waals surface area contributed by atoms with Crippen molar-refractivity contribution in [2.45, 2.75) is 13.0 Å². The minimum atomic E-state index is -0.687. The highest BCUT2D eigenvalue weighted by Gasteiger charge is 2.13. The van der Waals surface area contributed by atoms with Gasteiger partial charge in [0.25, 0.3) is 11.8 Å². The molecule has 0 aliphatic rings. The van der Waals surface area contributed by atoms with Crippen LogP contribution in [0.4, 0.5) is 0 Å². The van der Waals surface area contributed by atoms with Crippen LogP contribution in [0, 0.1) is 0 Å². The number of nitrogens with one attached hydrogen (secondary N) is 2. The van der Waals surface area contributed by atoms with Crippen molar-refractivity contribution in [3.8, 4) is 5.75 Å². The SMILES string of the molecule is COc1ccccc1C(=O)NNC(=O)C(C)N. The number of rotatable bonds is 3. The maximum atomic E-state index is 11.7. The van der Waals surface area contributed by atoms with E-state index >= 15 is 0 Å². The van der Waals surface area contributed by atoms with E-state index in [4.69, 9.17) is 10.5 Å². The van der Waals surface area contributed by atoms with Gasteiger partial charge in [-0.2, -0.15) is 0 Å². The molecule has 0 fully saturated rings. The monoisotopic (exact) mass is 237 g/mol. The van der Waals surface area contributed by atoms with Crippen LogP contribution in [-0.4, -0.2) is 25.0 Å². The summed E-state index contributed by atoms with van der Waals surface area (Å²) < 4.78 is 5.02. The van der Waals surface area contributed by atoms with Crippen LogP contribution in [-0.2, 0) is 4.79 Å². The molecule has 0 bridgehead atoms. The van der Waals surface area contributed by atoms with Crippen molar-refractivity contribution in [2.24, 2.45) is 5.73 Å². The van der Waals surface area contributed by atoms with E-state index in [0.717, 1.165) is 0 Å². The molecule has 0 aromatic heterocycles. The fraction of sp³-hybridized carbons (Fsp3) is 0.273. The number of benzene rings is 1. The van der Waals surface area contributed by atoms with Gasteiger partial charge in [0.15, 0.2) is 0 Å². The van der Waals surface area contributed by atoms with Crippen LogP contribution in [0.15, 0.2) is 24.3 Å². The lowest BCUT2D eigenvalue weighted by Gasteiger charge is -2.11. The largest absolute Gasteiger partial charge is 0.496 e. The third kappa shape index (κ3) is 3.46.